The molecule has 2 aliphatic heterocycles. The molecule has 10 nitrogen and oxygen atoms in total. The van der Waals surface area contributed by atoms with E-state index in [2.05, 4.69) is 15.4 Å². The lowest BCUT2D eigenvalue weighted by atomic mass is 10.2. The molecule has 0 spiro atoms. The fraction of sp³-hybridized carbons (Fsp3) is 0.360. The van der Waals surface area contributed by atoms with E-state index in [4.69, 9.17) is 9.47 Å². The second-order valence-electron chi connectivity index (χ2n) is 8.96. The summed E-state index contributed by atoms with van der Waals surface area (Å²) >= 11 is 0. The second kappa shape index (κ2) is 10.1. The third-order valence-corrected chi connectivity index (χ3v) is 6.58. The van der Waals surface area contributed by atoms with Crippen LogP contribution in [-0.4, -0.2) is 72.6 Å². The number of amides is 2. The Morgan fingerprint density at radius 3 is 2.78 bits per heavy atom. The Labute approximate surface area is 211 Å². The lowest BCUT2D eigenvalue weighted by molar-refractivity contribution is -0.120. The van der Waals surface area contributed by atoms with Crippen LogP contribution in [0.4, 0.5) is 20.2 Å². The van der Waals surface area contributed by atoms with Crippen LogP contribution in [0.5, 0.6) is 5.75 Å². The highest BCUT2D eigenvalue weighted by Gasteiger charge is 2.33. The van der Waals surface area contributed by atoms with Crippen molar-refractivity contribution in [3.8, 4) is 5.75 Å². The summed E-state index contributed by atoms with van der Waals surface area (Å²) in [5.41, 5.74) is 1.14. The first kappa shape index (κ1) is 24.6. The number of fused-ring (bicyclic) bond motifs is 1. The molecule has 37 heavy (non-hydrogen) atoms. The van der Waals surface area contributed by atoms with Gasteiger partial charge in [0.15, 0.2) is 0 Å². The average Bonchev–Trinajstić information content (AvgIpc) is 3.55. The van der Waals surface area contributed by atoms with Crippen LogP contribution in [-0.2, 0) is 16.1 Å². The number of halogens is 2. The summed E-state index contributed by atoms with van der Waals surface area (Å²) < 4.78 is 41.3. The molecule has 1 saturated heterocycles. The topological polar surface area (TPSA) is 102 Å². The van der Waals surface area contributed by atoms with Gasteiger partial charge in [-0.2, -0.15) is 0 Å². The van der Waals surface area contributed by atoms with Gasteiger partial charge < -0.3 is 24.6 Å². The van der Waals surface area contributed by atoms with Gasteiger partial charge in [0.05, 0.1) is 24.0 Å². The van der Waals surface area contributed by atoms with Crippen LogP contribution in [0, 0.1) is 11.6 Å². The third kappa shape index (κ3) is 4.96. The summed E-state index contributed by atoms with van der Waals surface area (Å²) in [6.45, 7) is 1.06. The Morgan fingerprint density at radius 2 is 2.03 bits per heavy atom. The Balaban J connectivity index is 1.29. The first-order valence-electron chi connectivity index (χ1n) is 11.8. The molecule has 0 radical (unpaired) electrons. The zero-order valence-corrected chi connectivity index (χ0v) is 20.4. The molecule has 1 aromatic heterocycles. The number of nitrogens with one attached hydrogen (secondary N) is 1. The number of likely N-dealkylation sites (N-methyl/N-ethyl adjacent to an activating group) is 1. The van der Waals surface area contributed by atoms with E-state index >= 15 is 0 Å². The van der Waals surface area contributed by atoms with E-state index in [1.165, 1.54) is 28.0 Å². The van der Waals surface area contributed by atoms with Crippen LogP contribution in [0.25, 0.3) is 0 Å². The van der Waals surface area contributed by atoms with Gasteiger partial charge >= 0.3 is 0 Å². The molecule has 0 aliphatic carbocycles. The minimum absolute atomic E-state index is 0.0113. The first-order chi connectivity index (χ1) is 17.8. The maximum Gasteiger partial charge on any atom is 0.291 e. The lowest BCUT2D eigenvalue weighted by Gasteiger charge is -2.24. The number of nitrogens with zero attached hydrogens (tertiary/aromatic N) is 5. The molecule has 194 valence electrons. The lowest BCUT2D eigenvalue weighted by Crippen LogP contribution is -2.49. The summed E-state index contributed by atoms with van der Waals surface area (Å²) in [6.07, 6.45) is 2.10. The summed E-state index contributed by atoms with van der Waals surface area (Å²) in [7, 11) is 3.17. The van der Waals surface area contributed by atoms with E-state index in [1.807, 2.05) is 4.90 Å². The number of aromatic nitrogens is 3. The zero-order valence-electron chi connectivity index (χ0n) is 20.4. The molecule has 3 heterocycles. The first-order valence-corrected chi connectivity index (χ1v) is 11.8. The van der Waals surface area contributed by atoms with Crippen LogP contribution < -0.4 is 19.9 Å². The van der Waals surface area contributed by atoms with Crippen molar-refractivity contribution in [2.75, 3.05) is 43.7 Å². The van der Waals surface area contributed by atoms with E-state index in [9.17, 15) is 18.4 Å². The Bertz CT molecular complexity index is 1330. The summed E-state index contributed by atoms with van der Waals surface area (Å²) in [5.74, 6) is -1.97. The Kier molecular flexibility index (Phi) is 6.74. The Hall–Kier alpha value is -4.06. The van der Waals surface area contributed by atoms with Gasteiger partial charge in [-0.15, -0.1) is 5.10 Å². The number of anilines is 2. The molecule has 1 N–H and O–H groups in total. The van der Waals surface area contributed by atoms with Gasteiger partial charge in [-0.05, 0) is 18.6 Å². The van der Waals surface area contributed by atoms with Gasteiger partial charge in [0, 0.05) is 38.9 Å². The van der Waals surface area contributed by atoms with E-state index in [1.54, 1.807) is 38.4 Å². The van der Waals surface area contributed by atoms with Crippen LogP contribution in [0.1, 0.15) is 22.6 Å². The average molecular weight is 513 g/mol. The molecular weight excluding hydrogens is 486 g/mol. The van der Waals surface area contributed by atoms with E-state index in [0.29, 0.717) is 30.0 Å². The molecular formula is C25H26F2N6O4. The molecule has 0 saturated carbocycles. The van der Waals surface area contributed by atoms with Crippen molar-refractivity contribution in [2.24, 2.45) is 0 Å². The predicted octanol–water partition coefficient (Wildman–Crippen LogP) is 1.98. The predicted molar refractivity (Wildman–Crippen MR) is 130 cm³/mol. The molecule has 1 fully saturated rings. The highest BCUT2D eigenvalue weighted by Crippen LogP contribution is 2.37. The second-order valence-corrected chi connectivity index (χ2v) is 8.96. The van der Waals surface area contributed by atoms with Crippen molar-refractivity contribution in [1.82, 2.24) is 20.1 Å². The molecule has 12 heteroatoms. The molecule has 2 aromatic carbocycles. The van der Waals surface area contributed by atoms with Gasteiger partial charge in [0.25, 0.3) is 11.8 Å². The van der Waals surface area contributed by atoms with E-state index < -0.39 is 29.5 Å². The number of carbonyl (C=O) groups excluding carboxylic acids is 2. The number of rotatable bonds is 6. The minimum Gasteiger partial charge on any atom is -0.489 e. The third-order valence-electron chi connectivity index (χ3n) is 6.58. The highest BCUT2D eigenvalue weighted by atomic mass is 19.1. The van der Waals surface area contributed by atoms with Crippen molar-refractivity contribution in [1.29, 1.82) is 0 Å². The zero-order chi connectivity index (χ0) is 26.1. The van der Waals surface area contributed by atoms with Crippen LogP contribution in [0.3, 0.4) is 0 Å². The van der Waals surface area contributed by atoms with Crippen molar-refractivity contribution < 1.29 is 27.8 Å². The van der Waals surface area contributed by atoms with Crippen molar-refractivity contribution in [3.05, 3.63) is 65.7 Å². The number of benzene rings is 2. The molecule has 2 amide bonds. The van der Waals surface area contributed by atoms with E-state index in [-0.39, 0.29) is 30.8 Å². The molecule has 5 rings (SSSR count). The van der Waals surface area contributed by atoms with Crippen molar-refractivity contribution in [3.63, 3.8) is 0 Å². The largest absolute Gasteiger partial charge is 0.489 e. The molecule has 0 bridgehead atoms. The van der Waals surface area contributed by atoms with Crippen LogP contribution >= 0.6 is 0 Å². The number of ether oxygens (including phenoxy) is 2. The van der Waals surface area contributed by atoms with Gasteiger partial charge in [-0.3, -0.25) is 9.59 Å². The molecule has 0 unspecified atom stereocenters. The standard InChI is InChI=1S/C25H26F2N6O4/c1-31-21-10-20(32-8-7-16(12-32)36-2)18(27)9-22(21)37-13-19(25(31)35)29-24(34)23-28-14-33(30-23)11-15-5-3-4-6-17(15)26/h3-6,9-10,14,16,19H,7-8,11-13H2,1-2H3,(H,29,34)/t16-,19-/m0/s1. The highest BCUT2D eigenvalue weighted by molar-refractivity contribution is 6.02. The quantitative estimate of drug-likeness (QED) is 0.539. The van der Waals surface area contributed by atoms with E-state index in [0.717, 1.165) is 6.42 Å². The Morgan fingerprint density at radius 1 is 1.22 bits per heavy atom. The summed E-state index contributed by atoms with van der Waals surface area (Å²) in [5, 5.41) is 6.68. The van der Waals surface area contributed by atoms with Crippen molar-refractivity contribution >= 4 is 23.2 Å². The maximum absolute atomic E-state index is 15.0. The maximum atomic E-state index is 15.0. The fourth-order valence-electron chi connectivity index (χ4n) is 4.49. The smallest absolute Gasteiger partial charge is 0.291 e. The van der Waals surface area contributed by atoms with Crippen LogP contribution in [0.2, 0.25) is 0 Å². The van der Waals surface area contributed by atoms with Crippen molar-refractivity contribution in [2.45, 2.75) is 25.1 Å². The fourth-order valence-corrected chi connectivity index (χ4v) is 4.49. The van der Waals surface area contributed by atoms with Gasteiger partial charge in [-0.25, -0.2) is 18.4 Å². The van der Waals surface area contributed by atoms with Gasteiger partial charge in [0.2, 0.25) is 5.82 Å². The SMILES string of the molecule is CO[C@H]1CCN(c2cc3c(cc2F)OC[C@H](NC(=O)c2ncn(Cc4ccccc4F)n2)C(=O)N3C)C1. The molecule has 2 aliphatic rings. The monoisotopic (exact) mass is 512 g/mol. The van der Waals surface area contributed by atoms with Crippen LogP contribution in [0.15, 0.2) is 42.7 Å². The number of carbonyl (C=O) groups is 2. The van der Waals surface area contributed by atoms with Gasteiger partial charge in [0.1, 0.15) is 36.4 Å². The van der Waals surface area contributed by atoms with Gasteiger partial charge in [-0.1, -0.05) is 18.2 Å². The molecule has 3 aromatic rings. The number of hydrogen-bond donors (Lipinski definition) is 1. The molecule has 2 atom stereocenters. The number of methoxy groups -OCH3 is 1. The summed E-state index contributed by atoms with van der Waals surface area (Å²) in [6, 6.07) is 8.01. The minimum atomic E-state index is -1.06. The summed E-state index contributed by atoms with van der Waals surface area (Å²) in [4.78, 5) is 33.2. The number of hydrogen-bond acceptors (Lipinski definition) is 7. The normalized spacial score (nSPS) is 19.4.